The van der Waals surface area contributed by atoms with Gasteiger partial charge in [0.15, 0.2) is 0 Å². The van der Waals surface area contributed by atoms with Crippen molar-refractivity contribution in [2.24, 2.45) is 0 Å². The quantitative estimate of drug-likeness (QED) is 0.620. The van der Waals surface area contributed by atoms with E-state index >= 15 is 0 Å². The predicted molar refractivity (Wildman–Crippen MR) is 57.3 cm³/mol. The van der Waals surface area contributed by atoms with Gasteiger partial charge >= 0.3 is 94.1 Å². The van der Waals surface area contributed by atoms with E-state index in [1.807, 2.05) is 0 Å². The van der Waals surface area contributed by atoms with Gasteiger partial charge in [0, 0.05) is 0 Å². The standard InChI is InChI=1S/C8H7.C5H5.Ti/c1-2-4-6-8-7-5-3-1;1-2-4-5-3-1;/h1-7H;1-3H,4H2;. The fourth-order valence-electron chi connectivity index (χ4n) is 1.38. The van der Waals surface area contributed by atoms with Crippen molar-refractivity contribution in [3.05, 3.63) is 68.5 Å². The summed E-state index contributed by atoms with van der Waals surface area (Å²) in [5.41, 5.74) is 0. The minimum atomic E-state index is -0.0800. The number of rotatable bonds is 2. The van der Waals surface area contributed by atoms with E-state index in [9.17, 15) is 0 Å². The van der Waals surface area contributed by atoms with Crippen molar-refractivity contribution >= 4 is 0 Å². The normalized spacial score (nSPS) is 18.9. The first-order valence-electron chi connectivity index (χ1n) is 4.79. The summed E-state index contributed by atoms with van der Waals surface area (Å²) >= 11 is -0.0800. The Balaban J connectivity index is 2.03. The van der Waals surface area contributed by atoms with E-state index in [0.29, 0.717) is 0 Å². The van der Waals surface area contributed by atoms with E-state index in [-0.39, 0.29) is 19.2 Å². The summed E-state index contributed by atoms with van der Waals surface area (Å²) in [4.78, 5) is 0. The molecule has 0 aromatic carbocycles. The van der Waals surface area contributed by atoms with Gasteiger partial charge in [-0.1, -0.05) is 0 Å². The average molecular weight is 216 g/mol. The Labute approximate surface area is 94.0 Å². The molecule has 0 heterocycles. The van der Waals surface area contributed by atoms with Crippen molar-refractivity contribution in [1.29, 1.82) is 0 Å². The molecule has 2 aliphatic carbocycles. The van der Waals surface area contributed by atoms with Crippen LogP contribution in [0.5, 0.6) is 0 Å². The summed E-state index contributed by atoms with van der Waals surface area (Å²) < 4.78 is 3.12. The SMILES string of the molecule is C1=CC=C[C]([Ti][C]2=CC=CC2)=CC=C1. The van der Waals surface area contributed by atoms with Gasteiger partial charge in [0.1, 0.15) is 0 Å². The zero-order valence-electron chi connectivity index (χ0n) is 7.98. The molecule has 0 amide bonds. The van der Waals surface area contributed by atoms with Gasteiger partial charge in [-0.3, -0.25) is 0 Å². The van der Waals surface area contributed by atoms with Crippen LogP contribution in [0.2, 0.25) is 0 Å². The van der Waals surface area contributed by atoms with Crippen LogP contribution in [0, 0.1) is 0 Å². The Morgan fingerprint density at radius 3 is 2.57 bits per heavy atom. The first-order chi connectivity index (χ1) is 6.95. The molecular weight excluding hydrogens is 204 g/mol. The minimum absolute atomic E-state index is 0.0800. The molecule has 0 saturated carbocycles. The first-order valence-corrected chi connectivity index (χ1v) is 6.36. The van der Waals surface area contributed by atoms with E-state index < -0.39 is 0 Å². The third-order valence-electron chi connectivity index (χ3n) is 2.07. The molecule has 2 rings (SSSR count). The molecule has 0 aromatic rings. The summed E-state index contributed by atoms with van der Waals surface area (Å²) in [6.45, 7) is 0. The van der Waals surface area contributed by atoms with Crippen LogP contribution >= 0.6 is 0 Å². The molecule has 0 bridgehead atoms. The van der Waals surface area contributed by atoms with Crippen LogP contribution in [0.4, 0.5) is 0 Å². The molecule has 68 valence electrons. The summed E-state index contributed by atoms with van der Waals surface area (Å²) in [6, 6.07) is 0. The van der Waals surface area contributed by atoms with Gasteiger partial charge in [-0.25, -0.2) is 0 Å². The second-order valence-electron chi connectivity index (χ2n) is 3.20. The van der Waals surface area contributed by atoms with Gasteiger partial charge in [-0.2, -0.15) is 0 Å². The summed E-state index contributed by atoms with van der Waals surface area (Å²) in [5.74, 6) is 0. The molecule has 0 atom stereocenters. The second kappa shape index (κ2) is 5.14. The van der Waals surface area contributed by atoms with Gasteiger partial charge in [0.05, 0.1) is 0 Å². The van der Waals surface area contributed by atoms with E-state index in [1.165, 1.54) is 10.3 Å². The third-order valence-corrected chi connectivity index (χ3v) is 4.12. The molecule has 0 spiro atoms. The maximum atomic E-state index is 2.27. The number of hydrogen-bond donors (Lipinski definition) is 0. The first kappa shape index (κ1) is 9.70. The Hall–Kier alpha value is -0.846. The number of allylic oxidation sites excluding steroid dienone is 12. The molecule has 0 unspecified atom stereocenters. The van der Waals surface area contributed by atoms with Crippen LogP contribution in [-0.2, 0) is 19.2 Å². The molecule has 0 aromatic heterocycles. The van der Waals surface area contributed by atoms with E-state index in [0.717, 1.165) is 0 Å². The Bertz CT molecular complexity index is 376. The molecule has 0 fully saturated rings. The zero-order chi connectivity index (χ0) is 9.64. The Kier molecular flexibility index (Phi) is 3.56. The predicted octanol–water partition coefficient (Wildman–Crippen LogP) is 3.48. The van der Waals surface area contributed by atoms with Gasteiger partial charge in [0.25, 0.3) is 0 Å². The zero-order valence-corrected chi connectivity index (χ0v) is 9.54. The summed E-state index contributed by atoms with van der Waals surface area (Å²) in [7, 11) is 0. The van der Waals surface area contributed by atoms with Crippen molar-refractivity contribution in [3.8, 4) is 0 Å². The third kappa shape index (κ3) is 2.83. The molecular formula is C13H12Ti. The fourth-order valence-corrected chi connectivity index (χ4v) is 3.14. The van der Waals surface area contributed by atoms with Gasteiger partial charge in [-0.15, -0.1) is 0 Å². The van der Waals surface area contributed by atoms with Gasteiger partial charge in [0.2, 0.25) is 0 Å². The van der Waals surface area contributed by atoms with Crippen molar-refractivity contribution in [1.82, 2.24) is 0 Å². The van der Waals surface area contributed by atoms with Crippen LogP contribution in [0.3, 0.4) is 0 Å². The monoisotopic (exact) mass is 216 g/mol. The van der Waals surface area contributed by atoms with Crippen molar-refractivity contribution < 1.29 is 19.2 Å². The molecule has 0 radical (unpaired) electrons. The summed E-state index contributed by atoms with van der Waals surface area (Å²) in [5, 5.41) is 0. The van der Waals surface area contributed by atoms with E-state index in [1.54, 1.807) is 3.88 Å². The Morgan fingerprint density at radius 2 is 1.71 bits per heavy atom. The van der Waals surface area contributed by atoms with Crippen LogP contribution in [0.25, 0.3) is 0 Å². The van der Waals surface area contributed by atoms with Crippen LogP contribution in [0.15, 0.2) is 68.5 Å². The average Bonchev–Trinajstić information content (AvgIpc) is 2.62. The van der Waals surface area contributed by atoms with E-state index in [2.05, 4.69) is 60.8 Å². The van der Waals surface area contributed by atoms with Crippen LogP contribution < -0.4 is 0 Å². The number of hydrogen-bond acceptors (Lipinski definition) is 0. The van der Waals surface area contributed by atoms with Gasteiger partial charge in [-0.05, 0) is 0 Å². The Morgan fingerprint density at radius 1 is 0.857 bits per heavy atom. The van der Waals surface area contributed by atoms with Crippen molar-refractivity contribution in [2.75, 3.05) is 0 Å². The molecule has 2 aliphatic rings. The second-order valence-corrected chi connectivity index (χ2v) is 5.49. The maximum absolute atomic E-state index is 2.27. The molecule has 0 aliphatic heterocycles. The fraction of sp³-hybridized carbons (Fsp3) is 0.0769. The van der Waals surface area contributed by atoms with Crippen molar-refractivity contribution in [2.45, 2.75) is 6.42 Å². The van der Waals surface area contributed by atoms with Crippen molar-refractivity contribution in [3.63, 3.8) is 0 Å². The topological polar surface area (TPSA) is 0 Å². The summed E-state index contributed by atoms with van der Waals surface area (Å²) in [6.07, 6.45) is 22.8. The van der Waals surface area contributed by atoms with Crippen LogP contribution in [0.1, 0.15) is 6.42 Å². The molecule has 14 heavy (non-hydrogen) atoms. The molecule has 0 saturated heterocycles. The van der Waals surface area contributed by atoms with Crippen LogP contribution in [-0.4, -0.2) is 0 Å². The molecule has 0 N–H and O–H groups in total. The van der Waals surface area contributed by atoms with Gasteiger partial charge < -0.3 is 0 Å². The van der Waals surface area contributed by atoms with E-state index in [4.69, 9.17) is 0 Å². The molecule has 0 nitrogen and oxygen atoms in total. The molecule has 1 heteroatoms.